The van der Waals surface area contributed by atoms with Crippen molar-refractivity contribution in [2.75, 3.05) is 26.7 Å². The van der Waals surface area contributed by atoms with Gasteiger partial charge in [0, 0.05) is 25.6 Å². The molecule has 1 aromatic rings. The van der Waals surface area contributed by atoms with Crippen LogP contribution in [-0.2, 0) is 0 Å². The number of hydrazine groups is 1. The van der Waals surface area contributed by atoms with Gasteiger partial charge in [0.25, 0.3) is 0 Å². The van der Waals surface area contributed by atoms with Crippen LogP contribution >= 0.6 is 0 Å². The topological polar surface area (TPSA) is 41.6 Å². The molecule has 112 valence electrons. The highest BCUT2D eigenvalue weighted by Gasteiger charge is 2.32. The maximum atomic E-state index is 11.8. The lowest BCUT2D eigenvalue weighted by molar-refractivity contribution is 0.104. The Kier molecular flexibility index (Phi) is 4.08. The maximum absolute atomic E-state index is 11.8. The summed E-state index contributed by atoms with van der Waals surface area (Å²) in [6.07, 6.45) is 3.79. The van der Waals surface area contributed by atoms with Gasteiger partial charge >= 0.3 is 0 Å². The standard InChI is InChI=1S/C17H22N2O2/c1-3-16(20)14-5-4-13(10-17(14)21-2)15-11-18-19-8-6-12(15)7-9-19/h3-5,10,12,15,18H,1,6-9,11H2,2H3. The van der Waals surface area contributed by atoms with E-state index < -0.39 is 0 Å². The first-order valence-electron chi connectivity index (χ1n) is 7.56. The third kappa shape index (κ3) is 2.74. The summed E-state index contributed by atoms with van der Waals surface area (Å²) in [5.74, 6) is 1.75. The summed E-state index contributed by atoms with van der Waals surface area (Å²) in [5.41, 5.74) is 5.36. The molecule has 4 heteroatoms. The predicted octanol–water partition coefficient (Wildman–Crippen LogP) is 2.38. The van der Waals surface area contributed by atoms with Crippen molar-refractivity contribution in [1.29, 1.82) is 0 Å². The zero-order valence-electron chi connectivity index (χ0n) is 12.5. The van der Waals surface area contributed by atoms with Gasteiger partial charge in [-0.15, -0.1) is 0 Å². The fourth-order valence-corrected chi connectivity index (χ4v) is 3.50. The van der Waals surface area contributed by atoms with Gasteiger partial charge in [0.05, 0.1) is 12.7 Å². The van der Waals surface area contributed by atoms with Crippen LogP contribution in [0.5, 0.6) is 5.75 Å². The molecule has 1 aromatic carbocycles. The molecule has 3 fully saturated rings. The number of nitrogens with zero attached hydrogens (tertiary/aromatic N) is 1. The Morgan fingerprint density at radius 2 is 2.19 bits per heavy atom. The molecule has 0 aliphatic carbocycles. The minimum atomic E-state index is -0.0931. The van der Waals surface area contributed by atoms with Gasteiger partial charge in [-0.05, 0) is 42.5 Å². The van der Waals surface area contributed by atoms with Crippen molar-refractivity contribution in [2.45, 2.75) is 18.8 Å². The van der Waals surface area contributed by atoms with E-state index in [-0.39, 0.29) is 5.78 Å². The molecule has 0 spiro atoms. The number of fused-ring (bicyclic) bond motifs is 4. The summed E-state index contributed by atoms with van der Waals surface area (Å²) in [5, 5.41) is 2.32. The Morgan fingerprint density at radius 3 is 2.86 bits per heavy atom. The Morgan fingerprint density at radius 1 is 1.43 bits per heavy atom. The average Bonchev–Trinajstić information content (AvgIpc) is 2.87. The molecular weight excluding hydrogens is 264 g/mol. The van der Waals surface area contributed by atoms with E-state index in [0.29, 0.717) is 23.1 Å². The fraction of sp³-hybridized carbons (Fsp3) is 0.471. The number of benzene rings is 1. The van der Waals surface area contributed by atoms with Gasteiger partial charge < -0.3 is 4.74 Å². The van der Waals surface area contributed by atoms with E-state index in [1.54, 1.807) is 7.11 Å². The number of allylic oxidation sites excluding steroid dienone is 1. The molecule has 0 aromatic heterocycles. The van der Waals surface area contributed by atoms with Crippen LogP contribution in [0.4, 0.5) is 0 Å². The van der Waals surface area contributed by atoms with Crippen molar-refractivity contribution >= 4 is 5.78 Å². The van der Waals surface area contributed by atoms with E-state index in [1.165, 1.54) is 24.5 Å². The van der Waals surface area contributed by atoms with E-state index in [1.807, 2.05) is 12.1 Å². The van der Waals surface area contributed by atoms with Crippen molar-refractivity contribution in [2.24, 2.45) is 5.92 Å². The monoisotopic (exact) mass is 286 g/mol. The first kappa shape index (κ1) is 14.3. The minimum Gasteiger partial charge on any atom is -0.496 e. The molecule has 1 atom stereocenters. The molecule has 3 heterocycles. The van der Waals surface area contributed by atoms with Crippen LogP contribution in [-0.4, -0.2) is 37.5 Å². The molecule has 3 saturated heterocycles. The number of nitrogens with one attached hydrogen (secondary N) is 1. The van der Waals surface area contributed by atoms with E-state index >= 15 is 0 Å². The molecule has 0 saturated carbocycles. The number of rotatable bonds is 4. The lowest BCUT2D eigenvalue weighted by Crippen LogP contribution is -2.39. The van der Waals surface area contributed by atoms with Crippen LogP contribution in [0.3, 0.4) is 0 Å². The highest BCUT2D eigenvalue weighted by atomic mass is 16.5. The minimum absolute atomic E-state index is 0.0931. The normalized spacial score (nSPS) is 28.0. The summed E-state index contributed by atoms with van der Waals surface area (Å²) in [6, 6.07) is 5.96. The molecule has 0 amide bonds. The van der Waals surface area contributed by atoms with Crippen LogP contribution in [0.2, 0.25) is 0 Å². The molecule has 0 radical (unpaired) electrons. The van der Waals surface area contributed by atoms with Gasteiger partial charge in [-0.2, -0.15) is 0 Å². The summed E-state index contributed by atoms with van der Waals surface area (Å²) in [7, 11) is 1.61. The number of ketones is 1. The van der Waals surface area contributed by atoms with Gasteiger partial charge in [0.1, 0.15) is 5.75 Å². The molecular formula is C17H22N2O2. The number of carbonyl (C=O) groups is 1. The van der Waals surface area contributed by atoms with E-state index in [9.17, 15) is 4.79 Å². The number of carbonyl (C=O) groups excluding carboxylic acids is 1. The number of methoxy groups -OCH3 is 1. The maximum Gasteiger partial charge on any atom is 0.188 e. The molecule has 2 bridgehead atoms. The lowest BCUT2D eigenvalue weighted by atomic mass is 9.81. The smallest absolute Gasteiger partial charge is 0.188 e. The molecule has 1 N–H and O–H groups in total. The summed E-state index contributed by atoms with van der Waals surface area (Å²) in [4.78, 5) is 11.8. The zero-order chi connectivity index (χ0) is 14.8. The van der Waals surface area contributed by atoms with E-state index in [4.69, 9.17) is 4.74 Å². The van der Waals surface area contributed by atoms with Crippen molar-refractivity contribution < 1.29 is 9.53 Å². The second kappa shape index (κ2) is 6.00. The molecule has 3 aliphatic heterocycles. The van der Waals surface area contributed by atoms with Crippen LogP contribution in [0, 0.1) is 5.92 Å². The zero-order valence-corrected chi connectivity index (χ0v) is 12.5. The van der Waals surface area contributed by atoms with Crippen molar-refractivity contribution in [3.05, 3.63) is 42.0 Å². The van der Waals surface area contributed by atoms with Crippen molar-refractivity contribution in [3.8, 4) is 5.75 Å². The first-order chi connectivity index (χ1) is 10.2. The van der Waals surface area contributed by atoms with E-state index in [0.717, 1.165) is 19.6 Å². The predicted molar refractivity (Wildman–Crippen MR) is 82.6 cm³/mol. The van der Waals surface area contributed by atoms with Crippen LogP contribution < -0.4 is 10.2 Å². The largest absolute Gasteiger partial charge is 0.496 e. The Labute approximate surface area is 125 Å². The molecule has 4 rings (SSSR count). The first-order valence-corrected chi connectivity index (χ1v) is 7.56. The van der Waals surface area contributed by atoms with Gasteiger partial charge in [0.15, 0.2) is 5.78 Å². The molecule has 1 unspecified atom stereocenters. The number of hydrogen-bond acceptors (Lipinski definition) is 4. The third-order valence-electron chi connectivity index (χ3n) is 4.75. The van der Waals surface area contributed by atoms with Crippen LogP contribution in [0.25, 0.3) is 0 Å². The number of hydrogen-bond donors (Lipinski definition) is 1. The highest BCUT2D eigenvalue weighted by molar-refractivity contribution is 6.06. The van der Waals surface area contributed by atoms with Crippen molar-refractivity contribution in [3.63, 3.8) is 0 Å². The highest BCUT2D eigenvalue weighted by Crippen LogP contribution is 2.36. The number of piperidine rings is 1. The number of ether oxygens (including phenoxy) is 1. The second-order valence-corrected chi connectivity index (χ2v) is 5.82. The summed E-state index contributed by atoms with van der Waals surface area (Å²) >= 11 is 0. The van der Waals surface area contributed by atoms with Gasteiger partial charge in [-0.25, -0.2) is 5.01 Å². The molecule has 3 aliphatic rings. The average molecular weight is 286 g/mol. The summed E-state index contributed by atoms with van der Waals surface area (Å²) in [6.45, 7) is 6.77. The second-order valence-electron chi connectivity index (χ2n) is 5.82. The van der Waals surface area contributed by atoms with Gasteiger partial charge in [-0.3, -0.25) is 10.2 Å². The van der Waals surface area contributed by atoms with Crippen LogP contribution in [0.1, 0.15) is 34.7 Å². The van der Waals surface area contributed by atoms with Gasteiger partial charge in [0.2, 0.25) is 0 Å². The van der Waals surface area contributed by atoms with E-state index in [2.05, 4.69) is 23.1 Å². The quantitative estimate of drug-likeness (QED) is 0.681. The fourth-order valence-electron chi connectivity index (χ4n) is 3.50. The Balaban J connectivity index is 1.91. The Hall–Kier alpha value is -1.65. The van der Waals surface area contributed by atoms with Crippen molar-refractivity contribution in [1.82, 2.24) is 10.4 Å². The molecule has 4 nitrogen and oxygen atoms in total. The summed E-state index contributed by atoms with van der Waals surface area (Å²) < 4.78 is 5.41. The molecule has 21 heavy (non-hydrogen) atoms. The Bertz CT molecular complexity index is 548. The van der Waals surface area contributed by atoms with Gasteiger partial charge in [-0.1, -0.05) is 12.6 Å². The lowest BCUT2D eigenvalue weighted by Gasteiger charge is -2.28. The SMILES string of the molecule is C=CC(=O)c1ccc(C2CNN3CCC2CC3)cc1OC. The third-order valence-corrected chi connectivity index (χ3v) is 4.75. The van der Waals surface area contributed by atoms with Crippen LogP contribution in [0.15, 0.2) is 30.9 Å².